The van der Waals surface area contributed by atoms with E-state index in [4.69, 9.17) is 19.3 Å². The number of hydrogen-bond donors (Lipinski definition) is 0. The molecule has 0 unspecified atom stereocenters. The summed E-state index contributed by atoms with van der Waals surface area (Å²) in [4.78, 5) is 13.5. The molecule has 2 atom stereocenters. The first kappa shape index (κ1) is 26.5. The minimum absolute atomic E-state index is 0.0445. The molecular weight excluding hydrogens is 495 g/mol. The molecule has 39 heavy (non-hydrogen) atoms. The molecule has 3 aromatic carbocycles. The third kappa shape index (κ3) is 5.98. The molecule has 1 fully saturated rings. The third-order valence-corrected chi connectivity index (χ3v) is 7.01. The van der Waals surface area contributed by atoms with Crippen molar-refractivity contribution in [3.63, 3.8) is 0 Å². The number of fused-ring (bicyclic) bond motifs is 1. The number of carbonyl (C=O) groups excluding carboxylic acids is 1. The van der Waals surface area contributed by atoms with Gasteiger partial charge in [-0.3, -0.25) is 4.79 Å². The van der Waals surface area contributed by atoms with Gasteiger partial charge in [-0.25, -0.2) is 9.40 Å². The van der Waals surface area contributed by atoms with E-state index in [1.807, 2.05) is 62.4 Å². The van der Waals surface area contributed by atoms with Gasteiger partial charge in [-0.2, -0.15) is 5.10 Å². The number of para-hydroxylation sites is 1. The van der Waals surface area contributed by atoms with Crippen molar-refractivity contribution < 1.29 is 23.4 Å². The van der Waals surface area contributed by atoms with Crippen molar-refractivity contribution in [3.8, 4) is 17.2 Å². The zero-order valence-electron chi connectivity index (χ0n) is 22.3. The summed E-state index contributed by atoms with van der Waals surface area (Å²) in [7, 11) is 0. The molecule has 1 heterocycles. The van der Waals surface area contributed by atoms with Gasteiger partial charge in [0.15, 0.2) is 18.2 Å². The molecule has 1 saturated carbocycles. The molecule has 0 radical (unpaired) electrons. The highest BCUT2D eigenvalue weighted by atomic mass is 19.1. The lowest BCUT2D eigenvalue weighted by Gasteiger charge is -2.29. The molecule has 0 bridgehead atoms. The number of allylic oxidation sites excluding steroid dienone is 1. The fourth-order valence-electron chi connectivity index (χ4n) is 5.26. The lowest BCUT2D eigenvalue weighted by Crippen LogP contribution is -2.34. The monoisotopic (exact) mass is 528 g/mol. The molecule has 202 valence electrons. The standard InChI is InChI=1S/C32H33FN2O4/c1-3-37-25-16-12-22(13-17-25)20-24-8-7-9-27-31(24)34-35(30(36)21-39-29-11-6-5-10-28(29)33)32(27)23-14-18-26(19-15-23)38-4-2/h5-6,10-20,27,32H,3-4,7-9,21H2,1-2H3/b24-20+/t27-,32+/m0/s1. The van der Waals surface area contributed by atoms with Crippen LogP contribution in [0.15, 0.2) is 83.5 Å². The van der Waals surface area contributed by atoms with Gasteiger partial charge in [0, 0.05) is 5.92 Å². The molecule has 1 aliphatic heterocycles. The van der Waals surface area contributed by atoms with Crippen LogP contribution in [-0.4, -0.2) is 36.4 Å². The predicted octanol–water partition coefficient (Wildman–Crippen LogP) is 6.83. The van der Waals surface area contributed by atoms with Crippen molar-refractivity contribution in [1.82, 2.24) is 5.01 Å². The third-order valence-electron chi connectivity index (χ3n) is 7.01. The molecule has 1 aliphatic carbocycles. The van der Waals surface area contributed by atoms with E-state index in [1.54, 1.807) is 12.1 Å². The SMILES string of the molecule is CCOc1ccc(/C=C2\CCC[C@H]3C2=NN(C(=O)COc2ccccc2F)[C@@H]3c2ccc(OCC)cc2)cc1. The number of halogens is 1. The maximum absolute atomic E-state index is 14.1. The molecule has 5 rings (SSSR count). The van der Waals surface area contributed by atoms with Crippen LogP contribution in [0, 0.1) is 11.7 Å². The van der Waals surface area contributed by atoms with Crippen LogP contribution in [0.5, 0.6) is 17.2 Å². The highest BCUT2D eigenvalue weighted by molar-refractivity contribution is 6.08. The number of hydrogen-bond acceptors (Lipinski definition) is 5. The molecule has 0 aromatic heterocycles. The van der Waals surface area contributed by atoms with Gasteiger partial charge in [-0.1, -0.05) is 36.4 Å². The minimum atomic E-state index is -0.504. The Labute approximate surface area is 228 Å². The maximum atomic E-state index is 14.1. The maximum Gasteiger partial charge on any atom is 0.281 e. The van der Waals surface area contributed by atoms with E-state index < -0.39 is 5.82 Å². The summed E-state index contributed by atoms with van der Waals surface area (Å²) < 4.78 is 30.9. The molecule has 3 aromatic rings. The van der Waals surface area contributed by atoms with Crippen LogP contribution < -0.4 is 14.2 Å². The Hall–Kier alpha value is -4.13. The second-order valence-electron chi connectivity index (χ2n) is 9.56. The number of hydrazone groups is 1. The molecule has 0 N–H and O–H groups in total. The summed E-state index contributed by atoms with van der Waals surface area (Å²) in [6.07, 6.45) is 4.94. The van der Waals surface area contributed by atoms with E-state index in [-0.39, 0.29) is 30.2 Å². The normalized spacial score (nSPS) is 19.4. The van der Waals surface area contributed by atoms with Crippen molar-refractivity contribution in [2.24, 2.45) is 11.0 Å². The molecule has 7 heteroatoms. The topological polar surface area (TPSA) is 60.4 Å². The first-order chi connectivity index (χ1) is 19.1. The Kier molecular flexibility index (Phi) is 8.25. The van der Waals surface area contributed by atoms with E-state index in [0.29, 0.717) is 13.2 Å². The first-order valence-corrected chi connectivity index (χ1v) is 13.5. The van der Waals surface area contributed by atoms with E-state index in [2.05, 4.69) is 6.08 Å². The van der Waals surface area contributed by atoms with E-state index in [1.165, 1.54) is 17.1 Å². The van der Waals surface area contributed by atoms with Crippen LogP contribution >= 0.6 is 0 Å². The Bertz CT molecular complexity index is 1350. The Balaban J connectivity index is 1.45. The summed E-state index contributed by atoms with van der Waals surface area (Å²) in [6, 6.07) is 21.6. The fourth-order valence-corrected chi connectivity index (χ4v) is 5.26. The zero-order valence-corrected chi connectivity index (χ0v) is 22.3. The summed E-state index contributed by atoms with van der Waals surface area (Å²) in [5.41, 5.74) is 4.08. The molecule has 2 aliphatic rings. The number of ether oxygens (including phenoxy) is 3. The highest BCUT2D eigenvalue weighted by Crippen LogP contribution is 2.44. The lowest BCUT2D eigenvalue weighted by atomic mass is 9.77. The van der Waals surface area contributed by atoms with Gasteiger partial charge in [-0.05, 0) is 92.3 Å². The smallest absolute Gasteiger partial charge is 0.281 e. The Morgan fingerprint density at radius 1 is 0.949 bits per heavy atom. The van der Waals surface area contributed by atoms with Crippen LogP contribution in [0.1, 0.15) is 50.3 Å². The fraction of sp³-hybridized carbons (Fsp3) is 0.312. The van der Waals surface area contributed by atoms with Gasteiger partial charge < -0.3 is 14.2 Å². The van der Waals surface area contributed by atoms with Crippen molar-refractivity contribution in [2.45, 2.75) is 39.2 Å². The van der Waals surface area contributed by atoms with Crippen LogP contribution in [0.2, 0.25) is 0 Å². The first-order valence-electron chi connectivity index (χ1n) is 13.5. The van der Waals surface area contributed by atoms with Crippen molar-refractivity contribution in [1.29, 1.82) is 0 Å². The van der Waals surface area contributed by atoms with Crippen LogP contribution in [0.4, 0.5) is 4.39 Å². The number of amides is 1. The number of rotatable bonds is 9. The molecule has 6 nitrogen and oxygen atoms in total. The van der Waals surface area contributed by atoms with Gasteiger partial charge in [0.2, 0.25) is 0 Å². The summed E-state index contributed by atoms with van der Waals surface area (Å²) in [5.74, 6) is 0.879. The van der Waals surface area contributed by atoms with E-state index >= 15 is 0 Å². The van der Waals surface area contributed by atoms with Crippen molar-refractivity contribution >= 4 is 17.7 Å². The van der Waals surface area contributed by atoms with Gasteiger partial charge in [-0.15, -0.1) is 0 Å². The Morgan fingerprint density at radius 3 is 2.28 bits per heavy atom. The van der Waals surface area contributed by atoms with E-state index in [9.17, 15) is 9.18 Å². The summed E-state index contributed by atoms with van der Waals surface area (Å²) in [6.45, 7) is 4.80. The average molecular weight is 529 g/mol. The van der Waals surface area contributed by atoms with Crippen LogP contribution in [0.3, 0.4) is 0 Å². The second-order valence-corrected chi connectivity index (χ2v) is 9.56. The highest BCUT2D eigenvalue weighted by Gasteiger charge is 2.43. The molecule has 0 saturated heterocycles. The quantitative estimate of drug-likeness (QED) is 0.306. The van der Waals surface area contributed by atoms with Gasteiger partial charge in [0.1, 0.15) is 11.5 Å². The number of nitrogens with zero attached hydrogens (tertiary/aromatic N) is 2. The second kappa shape index (κ2) is 12.2. The van der Waals surface area contributed by atoms with Crippen molar-refractivity contribution in [3.05, 3.63) is 95.3 Å². The van der Waals surface area contributed by atoms with Crippen LogP contribution in [0.25, 0.3) is 6.08 Å². The predicted molar refractivity (Wildman–Crippen MR) is 149 cm³/mol. The summed E-state index contributed by atoms with van der Waals surface area (Å²) in [5, 5.41) is 6.42. The molecular formula is C32H33FN2O4. The molecule has 0 spiro atoms. The summed E-state index contributed by atoms with van der Waals surface area (Å²) >= 11 is 0. The Morgan fingerprint density at radius 2 is 1.62 bits per heavy atom. The average Bonchev–Trinajstić information content (AvgIpc) is 3.35. The number of carbonyl (C=O) groups is 1. The van der Waals surface area contributed by atoms with Gasteiger partial charge >= 0.3 is 0 Å². The number of benzene rings is 3. The molecule has 1 amide bonds. The lowest BCUT2D eigenvalue weighted by molar-refractivity contribution is -0.135. The van der Waals surface area contributed by atoms with Crippen LogP contribution in [-0.2, 0) is 4.79 Å². The van der Waals surface area contributed by atoms with E-state index in [0.717, 1.165) is 53.2 Å². The minimum Gasteiger partial charge on any atom is -0.494 e. The van der Waals surface area contributed by atoms with Crippen molar-refractivity contribution in [2.75, 3.05) is 19.8 Å². The van der Waals surface area contributed by atoms with Gasteiger partial charge in [0.25, 0.3) is 5.91 Å². The zero-order chi connectivity index (χ0) is 27.2. The largest absolute Gasteiger partial charge is 0.494 e. The van der Waals surface area contributed by atoms with Gasteiger partial charge in [0.05, 0.1) is 25.0 Å².